The maximum atomic E-state index is 7.73. The molecule has 0 unspecified atom stereocenters. The molecule has 0 heterocycles. The third-order valence-corrected chi connectivity index (χ3v) is 0.800. The molecule has 25 heavy (non-hydrogen) atoms. The van der Waals surface area contributed by atoms with Gasteiger partial charge in [-0.2, -0.15) is 0 Å². The molecule has 0 saturated carbocycles. The first-order valence-electron chi connectivity index (χ1n) is 6.89. The lowest BCUT2D eigenvalue weighted by molar-refractivity contribution is 0.213. The SMILES string of the molecule is CC(C)=NO.CC=NO.CC=NOC.CCl.COC.CON=C(C)C. The summed E-state index contributed by atoms with van der Waals surface area (Å²) in [6.07, 6.45) is 4.36. The molecule has 0 aliphatic heterocycles. The molecule has 9 nitrogen and oxygen atoms in total. The molecule has 0 aliphatic rings. The fourth-order valence-electron chi connectivity index (χ4n) is 0.288. The molecule has 154 valence electrons. The molecule has 2 N–H and O–H groups in total. The lowest BCUT2D eigenvalue weighted by Gasteiger charge is -1.83. The Balaban J connectivity index is -0.0000000447. The molecule has 0 spiro atoms. The van der Waals surface area contributed by atoms with Crippen LogP contribution in [0.15, 0.2) is 20.6 Å². The predicted molar refractivity (Wildman–Crippen MR) is 108 cm³/mol. The van der Waals surface area contributed by atoms with Gasteiger partial charge in [0.1, 0.15) is 14.2 Å². The van der Waals surface area contributed by atoms with Crippen LogP contribution in [-0.4, -0.2) is 69.1 Å². The Morgan fingerprint density at radius 2 is 1.12 bits per heavy atom. The monoisotopic (exact) mass is 388 g/mol. The largest absolute Gasteiger partial charge is 0.411 e. The quantitative estimate of drug-likeness (QED) is 0.319. The lowest BCUT2D eigenvalue weighted by Crippen LogP contribution is -1.79. The van der Waals surface area contributed by atoms with Gasteiger partial charge in [-0.1, -0.05) is 10.3 Å². The second-order valence-corrected chi connectivity index (χ2v) is 3.60. The summed E-state index contributed by atoms with van der Waals surface area (Å²) in [5.41, 5.74) is 1.63. The van der Waals surface area contributed by atoms with Gasteiger partial charge in [0.15, 0.2) is 0 Å². The Kier molecular flexibility index (Phi) is 88.5. The number of methoxy groups -OCH3 is 1. The van der Waals surface area contributed by atoms with E-state index < -0.39 is 0 Å². The van der Waals surface area contributed by atoms with Crippen molar-refractivity contribution in [3.63, 3.8) is 0 Å². The zero-order chi connectivity index (χ0) is 21.5. The number of hydrogen-bond acceptors (Lipinski definition) is 9. The number of alkyl halides is 1. The van der Waals surface area contributed by atoms with Crippen molar-refractivity contribution < 1.29 is 24.8 Å². The highest BCUT2D eigenvalue weighted by atomic mass is 35.5. The molecular formula is C15H37ClN4O5. The van der Waals surface area contributed by atoms with Crippen LogP contribution in [0.5, 0.6) is 0 Å². The minimum atomic E-state index is 0.685. The van der Waals surface area contributed by atoms with Gasteiger partial charge < -0.3 is 24.8 Å². The van der Waals surface area contributed by atoms with Crippen molar-refractivity contribution in [2.75, 3.05) is 34.8 Å². The van der Waals surface area contributed by atoms with Crippen LogP contribution in [0.3, 0.4) is 0 Å². The number of hydrogen-bond donors (Lipinski definition) is 2. The van der Waals surface area contributed by atoms with E-state index in [0.717, 1.165) is 5.71 Å². The van der Waals surface area contributed by atoms with E-state index in [9.17, 15) is 0 Å². The Morgan fingerprint density at radius 1 is 0.800 bits per heavy atom. The van der Waals surface area contributed by atoms with Crippen LogP contribution in [0, 0.1) is 0 Å². The maximum Gasteiger partial charge on any atom is 0.106 e. The van der Waals surface area contributed by atoms with Gasteiger partial charge in [-0.3, -0.25) is 0 Å². The summed E-state index contributed by atoms with van der Waals surface area (Å²) in [5, 5.41) is 27.5. The van der Waals surface area contributed by atoms with Crippen molar-refractivity contribution in [2.24, 2.45) is 20.6 Å². The molecule has 0 amide bonds. The summed E-state index contributed by atoms with van der Waals surface area (Å²) in [5.74, 6) is 0. The van der Waals surface area contributed by atoms with Crippen molar-refractivity contribution in [3.05, 3.63) is 0 Å². The molecule has 0 saturated heterocycles. The lowest BCUT2D eigenvalue weighted by atomic mass is 10.5. The minimum Gasteiger partial charge on any atom is -0.411 e. The van der Waals surface area contributed by atoms with Crippen LogP contribution in [0.25, 0.3) is 0 Å². The van der Waals surface area contributed by atoms with Gasteiger partial charge in [-0.25, -0.2) is 0 Å². The van der Waals surface area contributed by atoms with Gasteiger partial charge >= 0.3 is 0 Å². The highest BCUT2D eigenvalue weighted by Crippen LogP contribution is 1.71. The summed E-state index contributed by atoms with van der Waals surface area (Å²) in [7, 11) is 6.30. The highest BCUT2D eigenvalue weighted by molar-refractivity contribution is 6.15. The molecule has 0 aliphatic carbocycles. The minimum absolute atomic E-state index is 0.685. The number of ether oxygens (including phenoxy) is 1. The fraction of sp³-hybridized carbons (Fsp3) is 0.733. The van der Waals surface area contributed by atoms with Crippen molar-refractivity contribution in [1.82, 2.24) is 0 Å². The number of rotatable bonds is 2. The van der Waals surface area contributed by atoms with E-state index in [1.165, 1.54) is 26.8 Å². The number of halogens is 1. The first-order chi connectivity index (χ1) is 11.8. The van der Waals surface area contributed by atoms with E-state index in [0.29, 0.717) is 5.71 Å². The summed E-state index contributed by atoms with van der Waals surface area (Å²) in [6, 6.07) is 0. The van der Waals surface area contributed by atoms with Crippen molar-refractivity contribution >= 4 is 35.5 Å². The molecule has 0 aromatic rings. The van der Waals surface area contributed by atoms with E-state index in [2.05, 4.69) is 46.6 Å². The van der Waals surface area contributed by atoms with E-state index in [4.69, 9.17) is 10.4 Å². The van der Waals surface area contributed by atoms with E-state index >= 15 is 0 Å². The molecule has 0 atom stereocenters. The summed E-state index contributed by atoms with van der Waals surface area (Å²) < 4.78 is 4.25. The van der Waals surface area contributed by atoms with Crippen molar-refractivity contribution in [3.8, 4) is 0 Å². The molecule has 10 heteroatoms. The van der Waals surface area contributed by atoms with Crippen LogP contribution in [-0.2, 0) is 14.4 Å². The molecule has 0 rings (SSSR count). The molecule has 0 fully saturated rings. The van der Waals surface area contributed by atoms with Gasteiger partial charge in [0.25, 0.3) is 0 Å². The zero-order valence-corrected chi connectivity index (χ0v) is 18.2. The van der Waals surface area contributed by atoms with Crippen molar-refractivity contribution in [2.45, 2.75) is 41.5 Å². The maximum absolute atomic E-state index is 7.73. The molecule has 0 bridgehead atoms. The topological polar surface area (TPSA) is 118 Å². The third-order valence-electron chi connectivity index (χ3n) is 0.800. The second-order valence-electron chi connectivity index (χ2n) is 3.60. The van der Waals surface area contributed by atoms with Crippen LogP contribution < -0.4 is 0 Å². The third kappa shape index (κ3) is 239. The Morgan fingerprint density at radius 3 is 1.12 bits per heavy atom. The van der Waals surface area contributed by atoms with Gasteiger partial charge in [-0.15, -0.1) is 21.9 Å². The van der Waals surface area contributed by atoms with Crippen LogP contribution in [0.2, 0.25) is 0 Å². The van der Waals surface area contributed by atoms with Gasteiger partial charge in [0.05, 0.1) is 11.4 Å². The van der Waals surface area contributed by atoms with Gasteiger partial charge in [0, 0.05) is 33.0 Å². The summed E-state index contributed by atoms with van der Waals surface area (Å²) in [4.78, 5) is 8.65. The number of oxime groups is 4. The summed E-state index contributed by atoms with van der Waals surface area (Å²) in [6.45, 7) is 10.6. The van der Waals surface area contributed by atoms with Crippen molar-refractivity contribution in [1.29, 1.82) is 0 Å². The normalized spacial score (nSPS) is 7.36. The molecule has 0 aromatic heterocycles. The van der Waals surface area contributed by atoms with Gasteiger partial charge in [0.2, 0.25) is 0 Å². The van der Waals surface area contributed by atoms with Crippen LogP contribution >= 0.6 is 11.6 Å². The van der Waals surface area contributed by atoms with E-state index in [1.54, 1.807) is 48.1 Å². The zero-order valence-electron chi connectivity index (χ0n) is 17.4. The van der Waals surface area contributed by atoms with E-state index in [1.807, 2.05) is 13.8 Å². The smallest absolute Gasteiger partial charge is 0.106 e. The highest BCUT2D eigenvalue weighted by Gasteiger charge is 1.69. The predicted octanol–water partition coefficient (Wildman–Crippen LogP) is 4.11. The fourth-order valence-corrected chi connectivity index (χ4v) is 0.288. The summed E-state index contributed by atoms with van der Waals surface area (Å²) >= 11 is 4.64. The molecule has 0 aromatic carbocycles. The number of nitrogens with zero attached hydrogens (tertiary/aromatic N) is 4. The first-order valence-corrected chi connectivity index (χ1v) is 7.65. The molecular weight excluding hydrogens is 352 g/mol. The first kappa shape index (κ1) is 38.6. The van der Waals surface area contributed by atoms with Gasteiger partial charge in [-0.05, 0) is 41.5 Å². The molecule has 0 radical (unpaired) electrons. The second kappa shape index (κ2) is 57.3. The standard InChI is InChI=1S/C4H9NO.2C3H7NO.C2H5NO.C2H6O.CH3Cl/c1-4(2)5-6-3;1-3-4-5-2;1-3(2)4-5;1-2-3-4;1-3-2;1-2/h1-3H3;3H,1-2H3;5H,1-2H3;2,4H,1H3;1-2H3;1H3. The Bertz CT molecular complexity index is 288. The Labute approximate surface area is 158 Å². The average molecular weight is 389 g/mol. The van der Waals surface area contributed by atoms with Crippen LogP contribution in [0.1, 0.15) is 41.5 Å². The average Bonchev–Trinajstić information content (AvgIpc) is 2.59. The Hall–Kier alpha value is -1.87. The van der Waals surface area contributed by atoms with Crippen LogP contribution in [0.4, 0.5) is 0 Å². The van der Waals surface area contributed by atoms with E-state index in [-0.39, 0.29) is 0 Å².